The summed E-state index contributed by atoms with van der Waals surface area (Å²) >= 11 is 0. The third kappa shape index (κ3) is 1.58. The van der Waals surface area contributed by atoms with Crippen LogP contribution < -0.4 is 5.73 Å². The third-order valence-corrected chi connectivity index (χ3v) is 4.87. The van der Waals surface area contributed by atoms with Crippen molar-refractivity contribution in [3.05, 3.63) is 35.5 Å². The molecule has 1 aromatic heterocycles. The van der Waals surface area contributed by atoms with Crippen LogP contribution in [-0.4, -0.2) is 24.7 Å². The van der Waals surface area contributed by atoms with E-state index in [1.807, 2.05) is 0 Å². The van der Waals surface area contributed by atoms with Gasteiger partial charge in [-0.3, -0.25) is 0 Å². The SMILES string of the molecule is Cc1[nH]c2ccccc2c1C1(C(C)(C)CN)COC1. The van der Waals surface area contributed by atoms with Gasteiger partial charge in [-0.25, -0.2) is 0 Å². The van der Waals surface area contributed by atoms with Crippen molar-refractivity contribution in [2.75, 3.05) is 19.8 Å². The number of H-pyrrole nitrogens is 1. The zero-order valence-corrected chi connectivity index (χ0v) is 11.9. The van der Waals surface area contributed by atoms with Gasteiger partial charge in [0, 0.05) is 16.6 Å². The molecule has 1 aliphatic rings. The number of aryl methyl sites for hydroxylation is 1. The third-order valence-electron chi connectivity index (χ3n) is 4.87. The summed E-state index contributed by atoms with van der Waals surface area (Å²) in [6, 6.07) is 8.50. The van der Waals surface area contributed by atoms with Gasteiger partial charge in [0.25, 0.3) is 0 Å². The molecule has 3 N–H and O–H groups in total. The van der Waals surface area contributed by atoms with E-state index in [0.29, 0.717) is 6.54 Å². The molecule has 2 heterocycles. The van der Waals surface area contributed by atoms with Gasteiger partial charge in [-0.15, -0.1) is 0 Å². The fraction of sp³-hybridized carbons (Fsp3) is 0.500. The standard InChI is InChI=1S/C16H22N2O/c1-11-14(12-6-4-5-7-13(12)18-11)16(9-19-10-16)15(2,3)8-17/h4-7,18H,8-10,17H2,1-3H3. The van der Waals surface area contributed by atoms with E-state index >= 15 is 0 Å². The Morgan fingerprint density at radius 2 is 2.00 bits per heavy atom. The van der Waals surface area contributed by atoms with Crippen LogP contribution in [0.1, 0.15) is 25.1 Å². The van der Waals surface area contributed by atoms with Crippen molar-refractivity contribution in [3.8, 4) is 0 Å². The number of hydrogen-bond donors (Lipinski definition) is 2. The number of rotatable bonds is 3. The second-order valence-electron chi connectivity index (χ2n) is 6.33. The Labute approximate surface area is 114 Å². The van der Waals surface area contributed by atoms with Crippen LogP contribution in [0.25, 0.3) is 10.9 Å². The van der Waals surface area contributed by atoms with E-state index in [9.17, 15) is 0 Å². The maximum atomic E-state index is 6.04. The summed E-state index contributed by atoms with van der Waals surface area (Å²) in [5.74, 6) is 0. The Morgan fingerprint density at radius 1 is 1.32 bits per heavy atom. The molecule has 0 amide bonds. The monoisotopic (exact) mass is 258 g/mol. The van der Waals surface area contributed by atoms with Gasteiger partial charge in [-0.1, -0.05) is 32.0 Å². The van der Waals surface area contributed by atoms with Crippen molar-refractivity contribution < 1.29 is 4.74 Å². The Hall–Kier alpha value is -1.32. The highest BCUT2D eigenvalue weighted by molar-refractivity contribution is 5.86. The van der Waals surface area contributed by atoms with E-state index in [0.717, 1.165) is 13.2 Å². The summed E-state index contributed by atoms with van der Waals surface area (Å²) in [7, 11) is 0. The van der Waals surface area contributed by atoms with Crippen LogP contribution in [0.4, 0.5) is 0 Å². The minimum absolute atomic E-state index is 0.0287. The molecule has 0 radical (unpaired) electrons. The average Bonchev–Trinajstić information content (AvgIpc) is 2.65. The number of hydrogen-bond acceptors (Lipinski definition) is 2. The molecule has 102 valence electrons. The lowest BCUT2D eigenvalue weighted by molar-refractivity contribution is -0.116. The van der Waals surface area contributed by atoms with Crippen molar-refractivity contribution in [3.63, 3.8) is 0 Å². The molecule has 0 spiro atoms. The van der Waals surface area contributed by atoms with Crippen LogP contribution in [0.2, 0.25) is 0 Å². The molecule has 0 atom stereocenters. The number of nitrogens with one attached hydrogen (secondary N) is 1. The van der Waals surface area contributed by atoms with Crippen LogP contribution in [0.3, 0.4) is 0 Å². The Bertz CT molecular complexity index is 608. The maximum Gasteiger partial charge on any atom is 0.0592 e. The fourth-order valence-electron chi connectivity index (χ4n) is 3.27. The second-order valence-corrected chi connectivity index (χ2v) is 6.33. The largest absolute Gasteiger partial charge is 0.379 e. The summed E-state index contributed by atoms with van der Waals surface area (Å²) in [5, 5.41) is 1.31. The lowest BCUT2D eigenvalue weighted by Gasteiger charge is -2.52. The van der Waals surface area contributed by atoms with Crippen LogP contribution in [0.5, 0.6) is 0 Å². The molecule has 0 aliphatic carbocycles. The van der Waals surface area contributed by atoms with Gasteiger partial charge < -0.3 is 15.5 Å². The van der Waals surface area contributed by atoms with Crippen LogP contribution in [0, 0.1) is 12.3 Å². The van der Waals surface area contributed by atoms with Crippen molar-refractivity contribution in [2.24, 2.45) is 11.1 Å². The van der Waals surface area contributed by atoms with Crippen molar-refractivity contribution >= 4 is 10.9 Å². The molecular formula is C16H22N2O. The number of para-hydroxylation sites is 1. The summed E-state index contributed by atoms with van der Waals surface area (Å²) in [5.41, 5.74) is 9.94. The van der Waals surface area contributed by atoms with E-state index in [1.165, 1.54) is 22.2 Å². The summed E-state index contributed by atoms with van der Waals surface area (Å²) in [6.45, 7) is 8.84. The normalized spacial score (nSPS) is 18.5. The Balaban J connectivity index is 2.25. The number of ether oxygens (including phenoxy) is 1. The molecule has 0 saturated carbocycles. The van der Waals surface area contributed by atoms with Gasteiger partial charge in [0.15, 0.2) is 0 Å². The smallest absolute Gasteiger partial charge is 0.0592 e. The lowest BCUT2D eigenvalue weighted by atomic mass is 9.59. The molecule has 3 heteroatoms. The first-order valence-electron chi connectivity index (χ1n) is 6.87. The summed E-state index contributed by atoms with van der Waals surface area (Å²) < 4.78 is 5.58. The molecule has 1 aliphatic heterocycles. The molecule has 3 rings (SSSR count). The topological polar surface area (TPSA) is 51.0 Å². The van der Waals surface area contributed by atoms with E-state index in [-0.39, 0.29) is 10.8 Å². The molecule has 1 saturated heterocycles. The summed E-state index contributed by atoms with van der Waals surface area (Å²) in [6.07, 6.45) is 0. The quantitative estimate of drug-likeness (QED) is 0.889. The number of aromatic amines is 1. The Morgan fingerprint density at radius 3 is 2.58 bits per heavy atom. The maximum absolute atomic E-state index is 6.04. The van der Waals surface area contributed by atoms with Crippen LogP contribution in [0.15, 0.2) is 24.3 Å². The minimum Gasteiger partial charge on any atom is -0.379 e. The average molecular weight is 258 g/mol. The van der Waals surface area contributed by atoms with E-state index in [2.05, 4.69) is 50.0 Å². The van der Waals surface area contributed by atoms with E-state index < -0.39 is 0 Å². The van der Waals surface area contributed by atoms with Gasteiger partial charge in [0.1, 0.15) is 0 Å². The molecule has 19 heavy (non-hydrogen) atoms. The van der Waals surface area contributed by atoms with Crippen molar-refractivity contribution in [2.45, 2.75) is 26.2 Å². The van der Waals surface area contributed by atoms with Crippen molar-refractivity contribution in [1.29, 1.82) is 0 Å². The first kappa shape index (κ1) is 12.7. The number of benzene rings is 1. The van der Waals surface area contributed by atoms with Crippen LogP contribution in [-0.2, 0) is 10.2 Å². The zero-order chi connectivity index (χ0) is 13.7. The highest BCUT2D eigenvalue weighted by Crippen LogP contribution is 2.50. The first-order valence-corrected chi connectivity index (χ1v) is 6.87. The number of aromatic nitrogens is 1. The Kier molecular flexibility index (Phi) is 2.73. The molecule has 2 aromatic rings. The number of nitrogens with two attached hydrogens (primary N) is 1. The molecule has 3 nitrogen and oxygen atoms in total. The predicted molar refractivity (Wildman–Crippen MR) is 78.4 cm³/mol. The highest BCUT2D eigenvalue weighted by atomic mass is 16.5. The summed E-state index contributed by atoms with van der Waals surface area (Å²) in [4.78, 5) is 3.50. The fourth-order valence-corrected chi connectivity index (χ4v) is 3.27. The zero-order valence-electron chi connectivity index (χ0n) is 11.9. The molecule has 1 aromatic carbocycles. The molecule has 1 fully saturated rings. The van der Waals surface area contributed by atoms with Gasteiger partial charge in [0.05, 0.1) is 18.6 Å². The second kappa shape index (κ2) is 4.09. The van der Waals surface area contributed by atoms with Gasteiger partial charge in [-0.2, -0.15) is 0 Å². The predicted octanol–water partition coefficient (Wildman–Crippen LogP) is 2.73. The number of fused-ring (bicyclic) bond motifs is 1. The molecular weight excluding hydrogens is 236 g/mol. The van der Waals surface area contributed by atoms with E-state index in [1.54, 1.807) is 0 Å². The van der Waals surface area contributed by atoms with E-state index in [4.69, 9.17) is 10.5 Å². The first-order chi connectivity index (χ1) is 9.02. The van der Waals surface area contributed by atoms with Gasteiger partial charge in [0.2, 0.25) is 0 Å². The van der Waals surface area contributed by atoms with Crippen LogP contribution >= 0.6 is 0 Å². The lowest BCUT2D eigenvalue weighted by Crippen LogP contribution is -2.59. The molecule has 0 unspecified atom stereocenters. The minimum atomic E-state index is 0.0287. The van der Waals surface area contributed by atoms with Crippen molar-refractivity contribution in [1.82, 2.24) is 4.98 Å². The van der Waals surface area contributed by atoms with Gasteiger partial charge in [-0.05, 0) is 30.5 Å². The molecule has 0 bridgehead atoms. The highest BCUT2D eigenvalue weighted by Gasteiger charge is 2.53. The van der Waals surface area contributed by atoms with Gasteiger partial charge >= 0.3 is 0 Å².